The minimum atomic E-state index is 0.949. The average molecular weight is 285 g/mol. The van der Waals surface area contributed by atoms with Crippen LogP contribution in [-0.4, -0.2) is 4.98 Å². The van der Waals surface area contributed by atoms with Gasteiger partial charge in [0, 0.05) is 11.8 Å². The lowest BCUT2D eigenvalue weighted by atomic mass is 10.0. The van der Waals surface area contributed by atoms with Crippen LogP contribution in [0, 0.1) is 5.92 Å². The molecule has 0 aliphatic carbocycles. The van der Waals surface area contributed by atoms with E-state index in [0.29, 0.717) is 0 Å². The largest absolute Gasteiger partial charge is 0.256 e. The Morgan fingerprint density at radius 3 is 1.95 bits per heavy atom. The van der Waals surface area contributed by atoms with Crippen LogP contribution in [0.5, 0.6) is 0 Å². The van der Waals surface area contributed by atoms with Crippen molar-refractivity contribution in [2.45, 2.75) is 53.9 Å². The summed E-state index contributed by atoms with van der Waals surface area (Å²) >= 11 is 0. The van der Waals surface area contributed by atoms with E-state index >= 15 is 0 Å². The summed E-state index contributed by atoms with van der Waals surface area (Å²) in [5.74, 6) is 0.949. The molecule has 1 atom stereocenters. The van der Waals surface area contributed by atoms with Crippen LogP contribution >= 0.6 is 0 Å². The smallest absolute Gasteiger partial charge is 0.0701 e. The molecule has 0 fully saturated rings. The molecule has 1 aromatic carbocycles. The first-order valence-corrected chi connectivity index (χ1v) is 8.24. The summed E-state index contributed by atoms with van der Waals surface area (Å²) < 4.78 is 0. The van der Waals surface area contributed by atoms with Crippen LogP contribution in [0.2, 0.25) is 0 Å². The molecule has 0 spiro atoms. The molecule has 0 aliphatic heterocycles. The highest BCUT2D eigenvalue weighted by Crippen LogP contribution is 2.14. The van der Waals surface area contributed by atoms with Gasteiger partial charge in [0.1, 0.15) is 0 Å². The summed E-state index contributed by atoms with van der Waals surface area (Å²) in [4.78, 5) is 4.25. The molecule has 21 heavy (non-hydrogen) atoms. The second-order valence-electron chi connectivity index (χ2n) is 4.88. The van der Waals surface area contributed by atoms with Crippen LogP contribution in [0.4, 0.5) is 0 Å². The Hall–Kier alpha value is -1.63. The zero-order chi connectivity index (χ0) is 15.9. The van der Waals surface area contributed by atoms with Gasteiger partial charge in [-0.1, -0.05) is 90.3 Å². The van der Waals surface area contributed by atoms with E-state index in [9.17, 15) is 0 Å². The first kappa shape index (κ1) is 19.4. The lowest BCUT2D eigenvalue weighted by Crippen LogP contribution is -1.88. The van der Waals surface area contributed by atoms with Gasteiger partial charge in [-0.05, 0) is 18.1 Å². The quantitative estimate of drug-likeness (QED) is 0.616. The average Bonchev–Trinajstić information content (AvgIpc) is 2.59. The van der Waals surface area contributed by atoms with Gasteiger partial charge in [-0.3, -0.25) is 4.98 Å². The van der Waals surface area contributed by atoms with Crippen molar-refractivity contribution < 1.29 is 0 Å². The fourth-order valence-electron chi connectivity index (χ4n) is 1.84. The van der Waals surface area contributed by atoms with E-state index in [4.69, 9.17) is 0 Å². The van der Waals surface area contributed by atoms with Gasteiger partial charge in [-0.25, -0.2) is 0 Å². The zero-order valence-electron chi connectivity index (χ0n) is 14.3. The Morgan fingerprint density at radius 1 is 0.905 bits per heavy atom. The SMILES string of the molecule is CC.CCCC(C)CC.c1ccc(-c2ccccn2)cc1. The van der Waals surface area contributed by atoms with Crippen molar-refractivity contribution in [2.75, 3.05) is 0 Å². The van der Waals surface area contributed by atoms with E-state index in [1.807, 2.05) is 56.4 Å². The van der Waals surface area contributed by atoms with Crippen LogP contribution in [0.1, 0.15) is 53.9 Å². The van der Waals surface area contributed by atoms with Crippen molar-refractivity contribution >= 4 is 0 Å². The molecule has 1 nitrogen and oxygen atoms in total. The first-order valence-electron chi connectivity index (χ1n) is 8.24. The van der Waals surface area contributed by atoms with Crippen molar-refractivity contribution in [3.63, 3.8) is 0 Å². The number of hydrogen-bond donors (Lipinski definition) is 0. The molecule has 0 bridgehead atoms. The summed E-state index contributed by atoms with van der Waals surface area (Å²) in [6.45, 7) is 10.8. The normalized spacial score (nSPS) is 10.5. The number of nitrogens with zero attached hydrogens (tertiary/aromatic N) is 1. The molecular formula is C20H31N. The van der Waals surface area contributed by atoms with Crippen molar-refractivity contribution in [2.24, 2.45) is 5.92 Å². The highest BCUT2D eigenvalue weighted by Gasteiger charge is 1.93. The van der Waals surface area contributed by atoms with E-state index in [0.717, 1.165) is 17.2 Å². The topological polar surface area (TPSA) is 12.9 Å². The van der Waals surface area contributed by atoms with E-state index in [2.05, 4.69) is 37.9 Å². The van der Waals surface area contributed by atoms with E-state index in [1.165, 1.54) is 19.3 Å². The van der Waals surface area contributed by atoms with Gasteiger partial charge >= 0.3 is 0 Å². The third-order valence-electron chi connectivity index (χ3n) is 3.21. The van der Waals surface area contributed by atoms with E-state index in [1.54, 1.807) is 0 Å². The van der Waals surface area contributed by atoms with Crippen molar-refractivity contribution in [3.05, 3.63) is 54.7 Å². The van der Waals surface area contributed by atoms with Crippen LogP contribution in [0.3, 0.4) is 0 Å². The maximum absolute atomic E-state index is 4.25. The maximum Gasteiger partial charge on any atom is 0.0701 e. The van der Waals surface area contributed by atoms with E-state index in [-0.39, 0.29) is 0 Å². The summed E-state index contributed by atoms with van der Waals surface area (Å²) in [5, 5.41) is 0. The van der Waals surface area contributed by atoms with Gasteiger partial charge in [-0.15, -0.1) is 0 Å². The third-order valence-corrected chi connectivity index (χ3v) is 3.21. The highest BCUT2D eigenvalue weighted by atomic mass is 14.7. The number of aromatic nitrogens is 1. The third kappa shape index (κ3) is 9.01. The van der Waals surface area contributed by atoms with Crippen LogP contribution in [0.25, 0.3) is 11.3 Å². The highest BCUT2D eigenvalue weighted by molar-refractivity contribution is 5.58. The Kier molecular flexibility index (Phi) is 12.3. The Balaban J connectivity index is 0.000000385. The minimum Gasteiger partial charge on any atom is -0.256 e. The zero-order valence-corrected chi connectivity index (χ0v) is 14.3. The number of hydrogen-bond acceptors (Lipinski definition) is 1. The molecule has 1 heteroatoms. The number of pyridine rings is 1. The second kappa shape index (κ2) is 13.4. The molecule has 2 rings (SSSR count). The molecule has 1 heterocycles. The maximum atomic E-state index is 4.25. The lowest BCUT2D eigenvalue weighted by molar-refractivity contribution is 0.509. The molecule has 1 unspecified atom stereocenters. The van der Waals surface area contributed by atoms with Gasteiger partial charge in [-0.2, -0.15) is 0 Å². The monoisotopic (exact) mass is 285 g/mol. The fraction of sp³-hybridized carbons (Fsp3) is 0.450. The molecule has 2 aromatic rings. The van der Waals surface area contributed by atoms with Gasteiger partial charge in [0.05, 0.1) is 5.69 Å². The van der Waals surface area contributed by atoms with Gasteiger partial charge in [0.25, 0.3) is 0 Å². The van der Waals surface area contributed by atoms with Crippen molar-refractivity contribution in [3.8, 4) is 11.3 Å². The van der Waals surface area contributed by atoms with Crippen LogP contribution in [-0.2, 0) is 0 Å². The summed E-state index contributed by atoms with van der Waals surface area (Å²) in [6.07, 6.45) is 5.89. The molecule has 0 N–H and O–H groups in total. The van der Waals surface area contributed by atoms with Crippen molar-refractivity contribution in [1.82, 2.24) is 4.98 Å². The van der Waals surface area contributed by atoms with Crippen LogP contribution < -0.4 is 0 Å². The number of benzene rings is 1. The van der Waals surface area contributed by atoms with E-state index < -0.39 is 0 Å². The van der Waals surface area contributed by atoms with Crippen LogP contribution in [0.15, 0.2) is 54.7 Å². The standard InChI is InChI=1S/C11H9N.C7H16.C2H6/c1-2-6-10(7-3-1)11-8-4-5-9-12-11;1-4-6-7(3)5-2;1-2/h1-9H;7H,4-6H2,1-3H3;1-2H3. The molecule has 0 amide bonds. The molecule has 1 aromatic heterocycles. The Morgan fingerprint density at radius 2 is 1.52 bits per heavy atom. The fourth-order valence-corrected chi connectivity index (χ4v) is 1.84. The van der Waals surface area contributed by atoms with Gasteiger partial charge in [0.15, 0.2) is 0 Å². The Labute approximate surface area is 131 Å². The summed E-state index contributed by atoms with van der Waals surface area (Å²) in [6, 6.07) is 16.1. The summed E-state index contributed by atoms with van der Waals surface area (Å²) in [7, 11) is 0. The molecule has 0 saturated carbocycles. The van der Waals surface area contributed by atoms with Crippen molar-refractivity contribution in [1.29, 1.82) is 0 Å². The molecule has 0 aliphatic rings. The summed E-state index contributed by atoms with van der Waals surface area (Å²) in [5.41, 5.74) is 2.19. The minimum absolute atomic E-state index is 0.949. The Bertz CT molecular complexity index is 385. The second-order valence-corrected chi connectivity index (χ2v) is 4.88. The van der Waals surface area contributed by atoms with Gasteiger partial charge < -0.3 is 0 Å². The first-order chi connectivity index (χ1) is 10.3. The molecular weight excluding hydrogens is 254 g/mol. The lowest BCUT2D eigenvalue weighted by Gasteiger charge is -2.02. The molecule has 0 radical (unpaired) electrons. The predicted molar refractivity (Wildman–Crippen MR) is 95.4 cm³/mol. The molecule has 116 valence electrons. The predicted octanol–water partition coefficient (Wildman–Crippen LogP) is 6.61. The number of rotatable bonds is 4. The molecule has 0 saturated heterocycles. The van der Waals surface area contributed by atoms with Gasteiger partial charge in [0.2, 0.25) is 0 Å².